The second-order valence-corrected chi connectivity index (χ2v) is 7.98. The molecule has 0 saturated heterocycles. The van der Waals surface area contributed by atoms with Gasteiger partial charge in [0.05, 0.1) is 0 Å². The van der Waals surface area contributed by atoms with Crippen LogP contribution in [0.5, 0.6) is 0 Å². The summed E-state index contributed by atoms with van der Waals surface area (Å²) in [6, 6.07) is 34.9. The van der Waals surface area contributed by atoms with Crippen molar-refractivity contribution in [3.8, 4) is 33.5 Å². The fraction of sp³-hybridized carbons (Fsp3) is 0. The Bertz CT molecular complexity index is 1560. The van der Waals surface area contributed by atoms with Crippen LogP contribution in [0, 0.1) is 0 Å². The van der Waals surface area contributed by atoms with Crippen LogP contribution in [-0.2, 0) is 0 Å². The van der Waals surface area contributed by atoms with Gasteiger partial charge in [-0.05, 0) is 46.0 Å². The Hall–Kier alpha value is -3.95. The molecular formula is C28H17ClN2O. The minimum atomic E-state index is 0.201. The topological polar surface area (TPSA) is 38.9 Å². The molecule has 0 spiro atoms. The van der Waals surface area contributed by atoms with Crippen LogP contribution in [-0.4, -0.2) is 9.97 Å². The van der Waals surface area contributed by atoms with Gasteiger partial charge in [-0.25, -0.2) is 9.97 Å². The van der Waals surface area contributed by atoms with Crippen LogP contribution >= 0.6 is 11.6 Å². The smallest absolute Gasteiger partial charge is 0.223 e. The van der Waals surface area contributed by atoms with E-state index < -0.39 is 0 Å². The molecule has 0 radical (unpaired) electrons. The maximum Gasteiger partial charge on any atom is 0.223 e. The van der Waals surface area contributed by atoms with E-state index in [4.69, 9.17) is 16.0 Å². The molecule has 152 valence electrons. The number of rotatable bonds is 3. The summed E-state index contributed by atoms with van der Waals surface area (Å²) in [4.78, 5) is 9.02. The van der Waals surface area contributed by atoms with E-state index in [9.17, 15) is 0 Å². The maximum absolute atomic E-state index is 6.35. The third kappa shape index (κ3) is 3.24. The lowest BCUT2D eigenvalue weighted by atomic mass is 10.0. The molecule has 0 saturated carbocycles. The molecule has 0 N–H and O–H groups in total. The first-order valence-corrected chi connectivity index (χ1v) is 10.8. The summed E-state index contributed by atoms with van der Waals surface area (Å²) in [6.07, 6.45) is 0. The number of halogens is 1. The van der Waals surface area contributed by atoms with E-state index in [2.05, 4.69) is 58.5 Å². The molecule has 0 unspecified atom stereocenters. The van der Waals surface area contributed by atoms with Gasteiger partial charge in [0.15, 0.2) is 5.58 Å². The SMILES string of the molecule is Clc1nc(-c2ccc(-c3ccccc3)cc2)c2oc3ccc(-c4ccccc4)cc3c2n1. The summed E-state index contributed by atoms with van der Waals surface area (Å²) in [5.41, 5.74) is 8.30. The maximum atomic E-state index is 6.35. The first-order chi connectivity index (χ1) is 15.8. The minimum Gasteiger partial charge on any atom is -0.452 e. The zero-order chi connectivity index (χ0) is 21.5. The molecule has 32 heavy (non-hydrogen) atoms. The summed E-state index contributed by atoms with van der Waals surface area (Å²) in [6.45, 7) is 0. The first-order valence-electron chi connectivity index (χ1n) is 10.4. The van der Waals surface area contributed by atoms with E-state index in [1.165, 1.54) is 5.56 Å². The van der Waals surface area contributed by atoms with Gasteiger partial charge < -0.3 is 4.42 Å². The molecule has 0 atom stereocenters. The van der Waals surface area contributed by atoms with Crippen molar-refractivity contribution in [1.82, 2.24) is 9.97 Å². The molecule has 6 rings (SSSR count). The molecule has 6 aromatic rings. The molecule has 0 bridgehead atoms. The predicted molar refractivity (Wildman–Crippen MR) is 131 cm³/mol. The van der Waals surface area contributed by atoms with E-state index in [0.29, 0.717) is 11.3 Å². The van der Waals surface area contributed by atoms with Gasteiger partial charge in [0.25, 0.3) is 0 Å². The Morgan fingerprint density at radius 2 is 1.12 bits per heavy atom. The Balaban J connectivity index is 1.50. The highest BCUT2D eigenvalue weighted by molar-refractivity contribution is 6.29. The highest BCUT2D eigenvalue weighted by Gasteiger charge is 2.17. The minimum absolute atomic E-state index is 0.201. The standard InChI is InChI=1S/C28H17ClN2O/c29-28-30-25(21-13-11-20(12-14-21)18-7-3-1-4-8-18)27-26(31-28)23-17-22(15-16-24(23)32-27)19-9-5-2-6-10-19/h1-17H. The molecular weight excluding hydrogens is 416 g/mol. The van der Waals surface area contributed by atoms with Gasteiger partial charge in [-0.15, -0.1) is 0 Å². The first kappa shape index (κ1) is 18.8. The Kier molecular flexibility index (Phi) is 4.48. The Morgan fingerprint density at radius 3 is 1.81 bits per heavy atom. The quantitative estimate of drug-likeness (QED) is 0.266. The molecule has 3 nitrogen and oxygen atoms in total. The van der Waals surface area contributed by atoms with Crippen molar-refractivity contribution < 1.29 is 4.42 Å². The number of aromatic nitrogens is 2. The molecule has 0 amide bonds. The number of nitrogens with zero attached hydrogens (tertiary/aromatic N) is 2. The highest BCUT2D eigenvalue weighted by Crippen LogP contribution is 2.37. The van der Waals surface area contributed by atoms with Gasteiger partial charge in [-0.3, -0.25) is 0 Å². The van der Waals surface area contributed by atoms with Gasteiger partial charge in [0, 0.05) is 10.9 Å². The van der Waals surface area contributed by atoms with E-state index >= 15 is 0 Å². The normalized spacial score (nSPS) is 11.3. The number of hydrogen-bond acceptors (Lipinski definition) is 3. The molecule has 0 fully saturated rings. The van der Waals surface area contributed by atoms with E-state index in [0.717, 1.165) is 38.7 Å². The molecule has 2 aromatic heterocycles. The van der Waals surface area contributed by atoms with Gasteiger partial charge >= 0.3 is 0 Å². The Labute approximate surface area is 190 Å². The van der Waals surface area contributed by atoms with Crippen molar-refractivity contribution in [1.29, 1.82) is 0 Å². The zero-order valence-electron chi connectivity index (χ0n) is 17.0. The van der Waals surface area contributed by atoms with Crippen LogP contribution in [0.4, 0.5) is 0 Å². The molecule has 0 aliphatic rings. The van der Waals surface area contributed by atoms with Crippen molar-refractivity contribution in [2.45, 2.75) is 0 Å². The fourth-order valence-electron chi connectivity index (χ4n) is 4.07. The van der Waals surface area contributed by atoms with Gasteiger partial charge in [0.1, 0.15) is 16.8 Å². The van der Waals surface area contributed by atoms with Crippen molar-refractivity contribution in [2.75, 3.05) is 0 Å². The summed E-state index contributed by atoms with van der Waals surface area (Å²) in [7, 11) is 0. The summed E-state index contributed by atoms with van der Waals surface area (Å²) in [5, 5.41) is 1.13. The monoisotopic (exact) mass is 432 g/mol. The van der Waals surface area contributed by atoms with Crippen LogP contribution in [0.3, 0.4) is 0 Å². The lowest BCUT2D eigenvalue weighted by Gasteiger charge is -2.05. The molecule has 4 heteroatoms. The molecule has 0 aliphatic carbocycles. The molecule has 0 aliphatic heterocycles. The fourth-order valence-corrected chi connectivity index (χ4v) is 4.24. The summed E-state index contributed by atoms with van der Waals surface area (Å²) in [5.74, 6) is 0. The molecule has 4 aromatic carbocycles. The van der Waals surface area contributed by atoms with Crippen LogP contribution in [0.25, 0.3) is 55.6 Å². The third-order valence-corrected chi connectivity index (χ3v) is 5.83. The van der Waals surface area contributed by atoms with Crippen LogP contribution < -0.4 is 0 Å². The number of hydrogen-bond donors (Lipinski definition) is 0. The van der Waals surface area contributed by atoms with E-state index in [1.54, 1.807) is 0 Å². The van der Waals surface area contributed by atoms with E-state index in [-0.39, 0.29) is 5.28 Å². The summed E-state index contributed by atoms with van der Waals surface area (Å²) >= 11 is 6.35. The van der Waals surface area contributed by atoms with Crippen molar-refractivity contribution in [2.24, 2.45) is 0 Å². The molecule has 2 heterocycles. The van der Waals surface area contributed by atoms with Gasteiger partial charge in [-0.2, -0.15) is 0 Å². The predicted octanol–water partition coefficient (Wildman–Crippen LogP) is 8.03. The largest absolute Gasteiger partial charge is 0.452 e. The van der Waals surface area contributed by atoms with Crippen LogP contribution in [0.1, 0.15) is 0 Å². The number of benzene rings is 4. The van der Waals surface area contributed by atoms with Crippen molar-refractivity contribution in [3.05, 3.63) is 108 Å². The van der Waals surface area contributed by atoms with E-state index in [1.807, 2.05) is 54.6 Å². The van der Waals surface area contributed by atoms with Crippen molar-refractivity contribution >= 4 is 33.7 Å². The second kappa shape index (κ2) is 7.63. The summed E-state index contributed by atoms with van der Waals surface area (Å²) < 4.78 is 6.22. The second-order valence-electron chi connectivity index (χ2n) is 7.64. The number of furan rings is 1. The van der Waals surface area contributed by atoms with Crippen molar-refractivity contribution in [3.63, 3.8) is 0 Å². The average molecular weight is 433 g/mol. The average Bonchev–Trinajstić information content (AvgIpc) is 3.22. The Morgan fingerprint density at radius 1 is 0.562 bits per heavy atom. The highest BCUT2D eigenvalue weighted by atomic mass is 35.5. The zero-order valence-corrected chi connectivity index (χ0v) is 17.8. The third-order valence-electron chi connectivity index (χ3n) is 5.66. The van der Waals surface area contributed by atoms with Gasteiger partial charge in [0.2, 0.25) is 5.28 Å². The van der Waals surface area contributed by atoms with Crippen LogP contribution in [0.2, 0.25) is 5.28 Å². The van der Waals surface area contributed by atoms with Crippen LogP contribution in [0.15, 0.2) is 108 Å². The van der Waals surface area contributed by atoms with Gasteiger partial charge in [-0.1, -0.05) is 91.0 Å². The lowest BCUT2D eigenvalue weighted by Crippen LogP contribution is -1.89. The lowest BCUT2D eigenvalue weighted by molar-refractivity contribution is 0.667. The number of fused-ring (bicyclic) bond motifs is 3.